The summed E-state index contributed by atoms with van der Waals surface area (Å²) >= 11 is 6.11. The van der Waals surface area contributed by atoms with Gasteiger partial charge in [-0.15, -0.1) is 0 Å². The van der Waals surface area contributed by atoms with E-state index in [1.54, 1.807) is 6.07 Å². The Bertz CT molecular complexity index is 1050. The van der Waals surface area contributed by atoms with Crippen LogP contribution in [0.15, 0.2) is 48.7 Å². The Labute approximate surface area is 167 Å². The van der Waals surface area contributed by atoms with Gasteiger partial charge in [0.1, 0.15) is 5.82 Å². The van der Waals surface area contributed by atoms with Crippen LogP contribution in [0, 0.1) is 5.82 Å². The Morgan fingerprint density at radius 2 is 1.86 bits per heavy atom. The van der Waals surface area contributed by atoms with E-state index in [9.17, 15) is 9.18 Å². The molecule has 2 fully saturated rings. The topological polar surface area (TPSA) is 39.3 Å². The Balaban J connectivity index is 1.34. The first-order chi connectivity index (χ1) is 13.6. The minimum absolute atomic E-state index is 0.198. The van der Waals surface area contributed by atoms with Crippen LogP contribution in [0.25, 0.3) is 10.9 Å². The van der Waals surface area contributed by atoms with Gasteiger partial charge in [-0.25, -0.2) is 4.39 Å². The molecule has 0 atom stereocenters. The van der Waals surface area contributed by atoms with Crippen molar-refractivity contribution in [1.29, 1.82) is 0 Å². The van der Waals surface area contributed by atoms with Crippen molar-refractivity contribution in [2.45, 2.75) is 18.3 Å². The number of nitrogens with one attached hydrogen (secondary N) is 1. The third-order valence-corrected chi connectivity index (χ3v) is 6.29. The predicted molar refractivity (Wildman–Crippen MR) is 109 cm³/mol. The fourth-order valence-electron chi connectivity index (χ4n) is 4.36. The van der Waals surface area contributed by atoms with Gasteiger partial charge in [0.25, 0.3) is 0 Å². The molecular weight excluding hydrogens is 377 g/mol. The number of aromatic amines is 1. The van der Waals surface area contributed by atoms with Gasteiger partial charge in [0.05, 0.1) is 5.41 Å². The lowest BCUT2D eigenvalue weighted by Crippen LogP contribution is -2.51. The molecule has 3 aromatic rings. The number of hydrogen-bond donors (Lipinski definition) is 1. The van der Waals surface area contributed by atoms with E-state index in [0.717, 1.165) is 53.1 Å². The summed E-state index contributed by atoms with van der Waals surface area (Å²) in [5.74, 6) is -0.0716. The van der Waals surface area contributed by atoms with E-state index < -0.39 is 5.41 Å². The van der Waals surface area contributed by atoms with Crippen LogP contribution in [-0.4, -0.2) is 42.0 Å². The van der Waals surface area contributed by atoms with Crippen molar-refractivity contribution in [3.63, 3.8) is 0 Å². The molecule has 1 aromatic heterocycles. The van der Waals surface area contributed by atoms with Crippen LogP contribution in [0.3, 0.4) is 0 Å². The fourth-order valence-corrected chi connectivity index (χ4v) is 4.55. The van der Waals surface area contributed by atoms with Crippen LogP contribution in [0.4, 0.5) is 10.1 Å². The number of amides is 1. The highest BCUT2D eigenvalue weighted by Crippen LogP contribution is 2.52. The lowest BCUT2D eigenvalue weighted by molar-refractivity contribution is -0.134. The fraction of sp³-hybridized carbons (Fsp3) is 0.318. The van der Waals surface area contributed by atoms with E-state index >= 15 is 0 Å². The van der Waals surface area contributed by atoms with Crippen LogP contribution in [-0.2, 0) is 10.2 Å². The van der Waals surface area contributed by atoms with Crippen LogP contribution >= 0.6 is 11.6 Å². The molecule has 0 unspecified atom stereocenters. The van der Waals surface area contributed by atoms with Gasteiger partial charge in [-0.3, -0.25) is 4.79 Å². The standard InChI is InChI=1S/C22H21ClFN3O/c23-15-2-1-3-17(12-15)26-8-10-27(11-9-26)21(28)22(6-7-22)19-14-25-20-13-16(24)4-5-18(19)20/h1-5,12-14,25H,6-11H2. The molecule has 2 aliphatic rings. The molecule has 2 aromatic carbocycles. The minimum atomic E-state index is -0.450. The zero-order chi connectivity index (χ0) is 19.3. The summed E-state index contributed by atoms with van der Waals surface area (Å²) in [5.41, 5.74) is 2.40. The summed E-state index contributed by atoms with van der Waals surface area (Å²) in [5, 5.41) is 1.67. The molecule has 6 heteroatoms. The van der Waals surface area contributed by atoms with Gasteiger partial charge in [0.15, 0.2) is 0 Å². The monoisotopic (exact) mass is 397 g/mol. The van der Waals surface area contributed by atoms with E-state index in [1.807, 2.05) is 29.3 Å². The number of anilines is 1. The summed E-state index contributed by atoms with van der Waals surface area (Å²) in [6.45, 7) is 2.98. The molecule has 5 rings (SSSR count). The Morgan fingerprint density at radius 3 is 2.57 bits per heavy atom. The van der Waals surface area contributed by atoms with E-state index in [1.165, 1.54) is 12.1 Å². The van der Waals surface area contributed by atoms with Crippen molar-refractivity contribution in [1.82, 2.24) is 9.88 Å². The van der Waals surface area contributed by atoms with Gasteiger partial charge in [0.2, 0.25) is 5.91 Å². The van der Waals surface area contributed by atoms with E-state index in [-0.39, 0.29) is 11.7 Å². The predicted octanol–water partition coefficient (Wildman–Crippen LogP) is 4.34. The highest BCUT2D eigenvalue weighted by atomic mass is 35.5. The average molecular weight is 398 g/mol. The third-order valence-electron chi connectivity index (χ3n) is 6.06. The van der Waals surface area contributed by atoms with Crippen LogP contribution in [0.5, 0.6) is 0 Å². The molecule has 1 saturated heterocycles. The molecule has 0 bridgehead atoms. The first kappa shape index (κ1) is 17.6. The maximum absolute atomic E-state index is 13.5. The number of H-pyrrole nitrogens is 1. The van der Waals surface area contributed by atoms with Crippen molar-refractivity contribution in [2.75, 3.05) is 31.1 Å². The number of rotatable bonds is 3. The summed E-state index contributed by atoms with van der Waals surface area (Å²) in [7, 11) is 0. The Hall–Kier alpha value is -2.53. The van der Waals surface area contributed by atoms with Gasteiger partial charge in [-0.1, -0.05) is 17.7 Å². The molecule has 2 heterocycles. The quantitative estimate of drug-likeness (QED) is 0.714. The molecular formula is C22H21ClFN3O. The molecule has 0 radical (unpaired) electrons. The number of nitrogens with zero attached hydrogens (tertiary/aromatic N) is 2. The second-order valence-electron chi connectivity index (χ2n) is 7.73. The van der Waals surface area contributed by atoms with Crippen LogP contribution in [0.1, 0.15) is 18.4 Å². The van der Waals surface area contributed by atoms with Crippen molar-refractivity contribution < 1.29 is 9.18 Å². The largest absolute Gasteiger partial charge is 0.368 e. The summed E-state index contributed by atoms with van der Waals surface area (Å²) in [6, 6.07) is 12.6. The summed E-state index contributed by atoms with van der Waals surface area (Å²) < 4.78 is 13.5. The molecule has 4 nitrogen and oxygen atoms in total. The van der Waals surface area contributed by atoms with Crippen molar-refractivity contribution in [3.05, 3.63) is 65.1 Å². The summed E-state index contributed by atoms with van der Waals surface area (Å²) in [4.78, 5) is 20.8. The smallest absolute Gasteiger partial charge is 0.233 e. The number of halogens is 2. The van der Waals surface area contributed by atoms with Gasteiger partial charge in [-0.05, 0) is 54.8 Å². The molecule has 1 aliphatic heterocycles. The Kier molecular flexibility index (Phi) is 4.09. The molecule has 144 valence electrons. The molecule has 28 heavy (non-hydrogen) atoms. The number of carbonyl (C=O) groups excluding carboxylic acids is 1. The first-order valence-electron chi connectivity index (χ1n) is 9.64. The highest BCUT2D eigenvalue weighted by Gasteiger charge is 2.54. The van der Waals surface area contributed by atoms with E-state index in [4.69, 9.17) is 11.6 Å². The minimum Gasteiger partial charge on any atom is -0.368 e. The van der Waals surface area contributed by atoms with Crippen LogP contribution < -0.4 is 4.90 Å². The number of carbonyl (C=O) groups is 1. The number of fused-ring (bicyclic) bond motifs is 1. The van der Waals surface area contributed by atoms with Crippen molar-refractivity contribution in [2.24, 2.45) is 0 Å². The first-order valence-corrected chi connectivity index (χ1v) is 10.0. The van der Waals surface area contributed by atoms with Gasteiger partial charge >= 0.3 is 0 Å². The SMILES string of the molecule is O=C(N1CCN(c2cccc(Cl)c2)CC1)C1(c2c[nH]c3cc(F)ccc23)CC1. The van der Waals surface area contributed by atoms with E-state index in [2.05, 4.69) is 16.0 Å². The number of aromatic nitrogens is 1. The van der Waals surface area contributed by atoms with Gasteiger partial charge in [-0.2, -0.15) is 0 Å². The number of benzene rings is 2. The molecule has 1 N–H and O–H groups in total. The van der Waals surface area contributed by atoms with Gasteiger partial charge < -0.3 is 14.8 Å². The van der Waals surface area contributed by atoms with Crippen LogP contribution in [0.2, 0.25) is 5.02 Å². The molecule has 1 saturated carbocycles. The zero-order valence-electron chi connectivity index (χ0n) is 15.4. The summed E-state index contributed by atoms with van der Waals surface area (Å²) in [6.07, 6.45) is 3.59. The average Bonchev–Trinajstić information content (AvgIpc) is 3.41. The number of piperazine rings is 1. The normalized spacial score (nSPS) is 18.5. The maximum Gasteiger partial charge on any atom is 0.233 e. The van der Waals surface area contributed by atoms with Gasteiger partial charge in [0, 0.05) is 54.0 Å². The van der Waals surface area contributed by atoms with Crippen molar-refractivity contribution in [3.8, 4) is 0 Å². The molecule has 0 spiro atoms. The second kappa shape index (κ2) is 6.52. The maximum atomic E-state index is 13.5. The lowest BCUT2D eigenvalue weighted by Gasteiger charge is -2.37. The number of hydrogen-bond acceptors (Lipinski definition) is 2. The lowest BCUT2D eigenvalue weighted by atomic mass is 9.93. The Morgan fingerprint density at radius 1 is 1.07 bits per heavy atom. The van der Waals surface area contributed by atoms with Crippen molar-refractivity contribution >= 4 is 34.1 Å². The highest BCUT2D eigenvalue weighted by molar-refractivity contribution is 6.30. The zero-order valence-corrected chi connectivity index (χ0v) is 16.2. The molecule has 1 aliphatic carbocycles. The molecule has 1 amide bonds. The second-order valence-corrected chi connectivity index (χ2v) is 8.17. The third kappa shape index (κ3) is 2.85. The van der Waals surface area contributed by atoms with E-state index in [0.29, 0.717) is 13.1 Å².